The molecule has 0 saturated carbocycles. The normalized spacial score (nSPS) is 10.5. The first-order chi connectivity index (χ1) is 12.0. The van der Waals surface area contributed by atoms with Gasteiger partial charge in [-0.15, -0.1) is 0 Å². The van der Waals surface area contributed by atoms with Gasteiger partial charge in [-0.05, 0) is 36.8 Å². The van der Waals surface area contributed by atoms with Crippen molar-refractivity contribution in [2.24, 2.45) is 0 Å². The molecule has 2 heterocycles. The molecule has 1 aromatic carbocycles. The highest BCUT2D eigenvalue weighted by molar-refractivity contribution is 5.93. The Morgan fingerprint density at radius 2 is 2.12 bits per heavy atom. The number of halogens is 1. The third-order valence-electron chi connectivity index (χ3n) is 3.56. The Labute approximate surface area is 142 Å². The van der Waals surface area contributed by atoms with Crippen molar-refractivity contribution in [2.75, 3.05) is 0 Å². The molecular formula is C18H15FN4O2. The van der Waals surface area contributed by atoms with Gasteiger partial charge in [-0.3, -0.25) is 9.78 Å². The molecule has 126 valence electrons. The van der Waals surface area contributed by atoms with Gasteiger partial charge in [-0.25, -0.2) is 9.18 Å². The van der Waals surface area contributed by atoms with Crippen LogP contribution in [0.15, 0.2) is 53.6 Å². The number of aryl methyl sites for hydroxylation is 1. The zero-order valence-electron chi connectivity index (χ0n) is 13.4. The third-order valence-corrected chi connectivity index (χ3v) is 3.56. The number of amides is 1. The Balaban J connectivity index is 1.87. The van der Waals surface area contributed by atoms with Crippen molar-refractivity contribution in [3.05, 3.63) is 81.9 Å². The molecule has 0 bridgehead atoms. The van der Waals surface area contributed by atoms with E-state index >= 15 is 0 Å². The van der Waals surface area contributed by atoms with Crippen LogP contribution < -0.4 is 11.0 Å². The molecule has 2 aromatic heterocycles. The van der Waals surface area contributed by atoms with Gasteiger partial charge in [0.2, 0.25) is 0 Å². The highest BCUT2D eigenvalue weighted by Gasteiger charge is 2.13. The van der Waals surface area contributed by atoms with Gasteiger partial charge < -0.3 is 10.3 Å². The Bertz CT molecular complexity index is 970. The molecule has 0 aliphatic heterocycles. The lowest BCUT2D eigenvalue weighted by Crippen LogP contribution is -2.27. The second-order valence-corrected chi connectivity index (χ2v) is 5.51. The number of H-pyrrole nitrogens is 1. The average molecular weight is 338 g/mol. The van der Waals surface area contributed by atoms with Gasteiger partial charge in [-0.2, -0.15) is 4.98 Å². The maximum Gasteiger partial charge on any atom is 0.346 e. The number of hydrogen-bond acceptors (Lipinski definition) is 4. The van der Waals surface area contributed by atoms with Crippen molar-refractivity contribution in [1.29, 1.82) is 0 Å². The molecule has 0 radical (unpaired) electrons. The van der Waals surface area contributed by atoms with E-state index in [1.807, 2.05) is 6.07 Å². The molecule has 3 rings (SSSR count). The number of aromatic nitrogens is 3. The van der Waals surface area contributed by atoms with Gasteiger partial charge in [0, 0.05) is 24.5 Å². The maximum atomic E-state index is 14.0. The second-order valence-electron chi connectivity index (χ2n) is 5.51. The van der Waals surface area contributed by atoms with Crippen molar-refractivity contribution in [2.45, 2.75) is 13.5 Å². The number of carbonyl (C=O) groups is 1. The van der Waals surface area contributed by atoms with E-state index in [2.05, 4.69) is 20.3 Å². The minimum atomic E-state index is -0.718. The minimum absolute atomic E-state index is 0.0137. The van der Waals surface area contributed by atoms with Crippen molar-refractivity contribution in [3.8, 4) is 11.3 Å². The number of rotatable bonds is 4. The van der Waals surface area contributed by atoms with E-state index < -0.39 is 17.4 Å². The van der Waals surface area contributed by atoms with E-state index in [1.54, 1.807) is 37.5 Å². The zero-order valence-corrected chi connectivity index (χ0v) is 13.4. The fraction of sp³-hybridized carbons (Fsp3) is 0.111. The molecule has 6 nitrogen and oxygen atoms in total. The van der Waals surface area contributed by atoms with Crippen molar-refractivity contribution >= 4 is 5.91 Å². The maximum absolute atomic E-state index is 14.0. The van der Waals surface area contributed by atoms with Crippen molar-refractivity contribution in [3.63, 3.8) is 0 Å². The summed E-state index contributed by atoms with van der Waals surface area (Å²) < 4.78 is 14.0. The zero-order chi connectivity index (χ0) is 17.8. The Hall–Kier alpha value is -3.35. The number of carbonyl (C=O) groups excluding carboxylic acids is 1. The summed E-state index contributed by atoms with van der Waals surface area (Å²) in [5.74, 6) is -0.997. The predicted octanol–water partition coefficient (Wildman–Crippen LogP) is 2.21. The van der Waals surface area contributed by atoms with Gasteiger partial charge >= 0.3 is 5.69 Å². The lowest BCUT2D eigenvalue weighted by Gasteiger charge is -2.07. The first-order valence-corrected chi connectivity index (χ1v) is 7.58. The third kappa shape index (κ3) is 3.95. The van der Waals surface area contributed by atoms with E-state index in [0.717, 1.165) is 11.1 Å². The first-order valence-electron chi connectivity index (χ1n) is 7.58. The Kier molecular flexibility index (Phi) is 4.65. The minimum Gasteiger partial charge on any atom is -0.347 e. The number of pyridine rings is 1. The molecule has 0 aliphatic rings. The largest absolute Gasteiger partial charge is 0.347 e. The van der Waals surface area contributed by atoms with Crippen LogP contribution in [0.5, 0.6) is 0 Å². The summed E-state index contributed by atoms with van der Waals surface area (Å²) in [4.78, 5) is 34.2. The van der Waals surface area contributed by atoms with Crippen molar-refractivity contribution in [1.82, 2.24) is 20.3 Å². The monoisotopic (exact) mass is 338 g/mol. The summed E-state index contributed by atoms with van der Waals surface area (Å²) in [5.41, 5.74) is 1.21. The van der Waals surface area contributed by atoms with Crippen LogP contribution in [0.2, 0.25) is 0 Å². The number of benzene rings is 1. The number of nitrogens with zero attached hydrogens (tertiary/aromatic N) is 2. The summed E-state index contributed by atoms with van der Waals surface area (Å²) in [6.45, 7) is 2.06. The molecule has 0 atom stereocenters. The highest BCUT2D eigenvalue weighted by atomic mass is 19.1. The lowest BCUT2D eigenvalue weighted by molar-refractivity contribution is 0.0945. The molecule has 0 unspecified atom stereocenters. The Morgan fingerprint density at radius 3 is 2.88 bits per heavy atom. The lowest BCUT2D eigenvalue weighted by atomic mass is 10.1. The quantitative estimate of drug-likeness (QED) is 0.763. The smallest absolute Gasteiger partial charge is 0.346 e. The summed E-state index contributed by atoms with van der Waals surface area (Å²) in [6.07, 6.45) is 3.26. The molecule has 2 N–H and O–H groups in total. The van der Waals surface area contributed by atoms with Crippen LogP contribution in [0, 0.1) is 12.7 Å². The van der Waals surface area contributed by atoms with E-state index in [4.69, 9.17) is 0 Å². The topological polar surface area (TPSA) is 87.7 Å². The van der Waals surface area contributed by atoms with Crippen LogP contribution in [-0.4, -0.2) is 20.9 Å². The van der Waals surface area contributed by atoms with E-state index in [1.165, 1.54) is 12.1 Å². The Morgan fingerprint density at radius 1 is 1.28 bits per heavy atom. The summed E-state index contributed by atoms with van der Waals surface area (Å²) in [7, 11) is 0. The second kappa shape index (κ2) is 7.04. The van der Waals surface area contributed by atoms with Crippen LogP contribution in [0.25, 0.3) is 11.3 Å². The van der Waals surface area contributed by atoms with Crippen LogP contribution >= 0.6 is 0 Å². The fourth-order valence-corrected chi connectivity index (χ4v) is 2.33. The van der Waals surface area contributed by atoms with Gasteiger partial charge in [0.15, 0.2) is 0 Å². The van der Waals surface area contributed by atoms with Crippen LogP contribution in [0.1, 0.15) is 21.6 Å². The molecule has 0 saturated heterocycles. The molecule has 0 aliphatic carbocycles. The molecule has 1 amide bonds. The van der Waals surface area contributed by atoms with Gasteiger partial charge in [-0.1, -0.05) is 17.7 Å². The first kappa shape index (κ1) is 16.5. The number of aromatic amines is 1. The number of hydrogen-bond donors (Lipinski definition) is 2. The summed E-state index contributed by atoms with van der Waals surface area (Å²) >= 11 is 0. The average Bonchev–Trinajstić information content (AvgIpc) is 2.62. The SMILES string of the molecule is Cc1ccc(F)c(-c2cc(C(=O)NCc3cccnc3)[nH]c(=O)n2)c1. The molecule has 25 heavy (non-hydrogen) atoms. The molecule has 0 spiro atoms. The number of nitrogens with one attached hydrogen (secondary N) is 2. The fourth-order valence-electron chi connectivity index (χ4n) is 2.33. The van der Waals surface area contributed by atoms with Gasteiger partial charge in [0.05, 0.1) is 5.69 Å². The van der Waals surface area contributed by atoms with Gasteiger partial charge in [0.1, 0.15) is 11.5 Å². The van der Waals surface area contributed by atoms with Crippen molar-refractivity contribution < 1.29 is 9.18 Å². The van der Waals surface area contributed by atoms with Gasteiger partial charge in [0.25, 0.3) is 5.91 Å². The molecule has 7 heteroatoms. The van der Waals surface area contributed by atoms with Crippen LogP contribution in [0.3, 0.4) is 0 Å². The molecule has 3 aromatic rings. The molecule has 0 fully saturated rings. The standard InChI is InChI=1S/C18H15FN4O2/c1-11-4-5-14(19)13(7-11)15-8-16(23-18(25)22-15)17(24)21-10-12-3-2-6-20-9-12/h2-9H,10H2,1H3,(H,21,24)(H,22,23,25). The molecular weight excluding hydrogens is 323 g/mol. The van der Waals surface area contributed by atoms with E-state index in [9.17, 15) is 14.0 Å². The summed E-state index contributed by atoms with van der Waals surface area (Å²) in [6, 6.07) is 9.43. The summed E-state index contributed by atoms with van der Waals surface area (Å²) in [5, 5.41) is 2.68. The van der Waals surface area contributed by atoms with E-state index in [0.29, 0.717) is 0 Å². The van der Waals surface area contributed by atoms with Crippen LogP contribution in [0.4, 0.5) is 4.39 Å². The van der Waals surface area contributed by atoms with E-state index in [-0.39, 0.29) is 23.5 Å². The highest BCUT2D eigenvalue weighted by Crippen LogP contribution is 2.21. The van der Waals surface area contributed by atoms with Crippen LogP contribution in [-0.2, 0) is 6.54 Å². The predicted molar refractivity (Wildman–Crippen MR) is 90.4 cm³/mol.